The molecule has 0 atom stereocenters. The molecule has 1 fully saturated rings. The number of nitrogens with one attached hydrogen (secondary N) is 2. The highest BCUT2D eigenvalue weighted by Gasteiger charge is 2.33. The van der Waals surface area contributed by atoms with Gasteiger partial charge in [0.25, 0.3) is 0 Å². The van der Waals surface area contributed by atoms with Crippen LogP contribution < -0.4 is 10.2 Å². The van der Waals surface area contributed by atoms with Gasteiger partial charge in [-0.05, 0) is 52.7 Å². The van der Waals surface area contributed by atoms with E-state index in [2.05, 4.69) is 25.2 Å². The van der Waals surface area contributed by atoms with E-state index in [-0.39, 0.29) is 11.6 Å². The zero-order valence-electron chi connectivity index (χ0n) is 15.0. The van der Waals surface area contributed by atoms with Gasteiger partial charge in [0.05, 0.1) is 0 Å². The second-order valence-corrected chi connectivity index (χ2v) is 8.12. The lowest BCUT2D eigenvalue weighted by atomic mass is 9.90. The molecule has 0 unspecified atom stereocenters. The van der Waals surface area contributed by atoms with Crippen molar-refractivity contribution in [3.63, 3.8) is 0 Å². The monoisotopic (exact) mass is 365 g/mol. The van der Waals surface area contributed by atoms with E-state index in [0.29, 0.717) is 10.8 Å². The van der Waals surface area contributed by atoms with Crippen LogP contribution >= 0.6 is 11.6 Å². The number of hydrogen-bond acceptors (Lipinski definition) is 5. The fraction of sp³-hybridized carbons (Fsp3) is 0.588. The van der Waals surface area contributed by atoms with Crippen LogP contribution in [0.2, 0.25) is 5.15 Å². The second kappa shape index (κ2) is 6.37. The van der Waals surface area contributed by atoms with Crippen LogP contribution in [0.4, 0.5) is 10.7 Å². The quantitative estimate of drug-likeness (QED) is 0.796. The molecule has 0 spiro atoms. The SMILES string of the molecule is CC1(NC(=O)OC(C)(C)C)CCN(c2nc3ccc(Cl)nc3[nH]2)CC1. The van der Waals surface area contributed by atoms with Crippen LogP contribution in [0.15, 0.2) is 12.1 Å². The lowest BCUT2D eigenvalue weighted by molar-refractivity contribution is 0.0448. The van der Waals surface area contributed by atoms with Crippen LogP contribution in [0.5, 0.6) is 0 Å². The Balaban J connectivity index is 1.63. The van der Waals surface area contributed by atoms with Crippen molar-refractivity contribution >= 4 is 34.8 Å². The van der Waals surface area contributed by atoms with E-state index in [1.807, 2.05) is 33.8 Å². The molecule has 136 valence electrons. The van der Waals surface area contributed by atoms with Gasteiger partial charge in [0.1, 0.15) is 16.3 Å². The molecule has 3 heterocycles. The van der Waals surface area contributed by atoms with E-state index in [1.165, 1.54) is 0 Å². The summed E-state index contributed by atoms with van der Waals surface area (Å²) < 4.78 is 5.37. The molecule has 0 aliphatic carbocycles. The Morgan fingerprint density at radius 1 is 1.32 bits per heavy atom. The number of carbonyl (C=O) groups excluding carboxylic acids is 1. The molecule has 25 heavy (non-hydrogen) atoms. The standard InChI is InChI=1S/C17H24ClN5O2/c1-16(2,3)25-15(24)22-17(4)7-9-23(10-8-17)14-19-11-5-6-12(18)20-13(11)21-14/h5-6H,7-10H2,1-4H3,(H,22,24)(H,19,20,21). The summed E-state index contributed by atoms with van der Waals surface area (Å²) in [5, 5.41) is 3.45. The van der Waals surface area contributed by atoms with Crippen LogP contribution in [0.3, 0.4) is 0 Å². The largest absolute Gasteiger partial charge is 0.444 e. The number of imidazole rings is 1. The van der Waals surface area contributed by atoms with Gasteiger partial charge >= 0.3 is 6.09 Å². The number of hydrogen-bond donors (Lipinski definition) is 2. The van der Waals surface area contributed by atoms with Crippen molar-refractivity contribution in [3.05, 3.63) is 17.3 Å². The van der Waals surface area contributed by atoms with Gasteiger partial charge in [-0.15, -0.1) is 0 Å². The zero-order valence-corrected chi connectivity index (χ0v) is 15.8. The molecule has 0 aromatic carbocycles. The van der Waals surface area contributed by atoms with E-state index in [1.54, 1.807) is 6.07 Å². The summed E-state index contributed by atoms with van der Waals surface area (Å²) in [4.78, 5) is 26.2. The van der Waals surface area contributed by atoms with Crippen LogP contribution in [-0.4, -0.2) is 45.3 Å². The van der Waals surface area contributed by atoms with Crippen molar-refractivity contribution in [1.29, 1.82) is 0 Å². The minimum atomic E-state index is -0.496. The van der Waals surface area contributed by atoms with E-state index in [0.717, 1.165) is 37.4 Å². The Morgan fingerprint density at radius 3 is 2.64 bits per heavy atom. The maximum Gasteiger partial charge on any atom is 0.408 e. The molecule has 1 aliphatic heterocycles. The first-order valence-corrected chi connectivity index (χ1v) is 8.80. The number of ether oxygens (including phenoxy) is 1. The Morgan fingerprint density at radius 2 is 2.00 bits per heavy atom. The number of pyridine rings is 1. The first kappa shape index (κ1) is 17.8. The van der Waals surface area contributed by atoms with E-state index in [4.69, 9.17) is 16.3 Å². The molecule has 7 nitrogen and oxygen atoms in total. The number of amides is 1. The molecule has 0 radical (unpaired) electrons. The van der Waals surface area contributed by atoms with Gasteiger partial charge in [-0.2, -0.15) is 0 Å². The first-order valence-electron chi connectivity index (χ1n) is 8.42. The molecule has 2 aromatic rings. The summed E-state index contributed by atoms with van der Waals surface area (Å²) >= 11 is 5.92. The number of aromatic amines is 1. The number of anilines is 1. The number of fused-ring (bicyclic) bond motifs is 1. The van der Waals surface area contributed by atoms with Crippen LogP contribution in [0.1, 0.15) is 40.5 Å². The van der Waals surface area contributed by atoms with E-state index in [9.17, 15) is 4.79 Å². The van der Waals surface area contributed by atoms with Gasteiger partial charge in [0, 0.05) is 18.6 Å². The third-order valence-electron chi connectivity index (χ3n) is 4.27. The molecule has 1 saturated heterocycles. The number of H-pyrrole nitrogens is 1. The lowest BCUT2D eigenvalue weighted by Crippen LogP contribution is -2.54. The van der Waals surface area contributed by atoms with Crippen LogP contribution in [0, 0.1) is 0 Å². The van der Waals surface area contributed by atoms with E-state index >= 15 is 0 Å². The Kier molecular flexibility index (Phi) is 4.53. The predicted molar refractivity (Wildman–Crippen MR) is 98.1 cm³/mol. The van der Waals surface area contributed by atoms with Gasteiger partial charge < -0.3 is 19.9 Å². The van der Waals surface area contributed by atoms with Crippen molar-refractivity contribution in [1.82, 2.24) is 20.3 Å². The third kappa shape index (κ3) is 4.34. The highest BCUT2D eigenvalue weighted by Crippen LogP contribution is 2.26. The number of aromatic nitrogens is 3. The zero-order chi connectivity index (χ0) is 18.2. The first-order chi connectivity index (χ1) is 11.6. The fourth-order valence-corrected chi connectivity index (χ4v) is 3.04. The Bertz CT molecular complexity index is 775. The van der Waals surface area contributed by atoms with Gasteiger partial charge in [-0.1, -0.05) is 11.6 Å². The Labute approximate surface area is 152 Å². The normalized spacial score (nSPS) is 17.6. The average molecular weight is 366 g/mol. The van der Waals surface area contributed by atoms with Crippen molar-refractivity contribution in [2.24, 2.45) is 0 Å². The summed E-state index contributed by atoms with van der Waals surface area (Å²) in [6.07, 6.45) is 1.24. The number of halogens is 1. The molecule has 0 bridgehead atoms. The van der Waals surface area contributed by atoms with Crippen molar-refractivity contribution in [2.45, 2.75) is 51.7 Å². The molecule has 3 rings (SSSR count). The third-order valence-corrected chi connectivity index (χ3v) is 4.48. The topological polar surface area (TPSA) is 83.1 Å². The minimum absolute atomic E-state index is 0.285. The molecule has 1 aliphatic rings. The molecule has 1 amide bonds. The molecular weight excluding hydrogens is 342 g/mol. The minimum Gasteiger partial charge on any atom is -0.444 e. The van der Waals surface area contributed by atoms with Gasteiger partial charge in [0.15, 0.2) is 5.65 Å². The maximum atomic E-state index is 12.0. The summed E-state index contributed by atoms with van der Waals surface area (Å²) in [6.45, 7) is 9.19. The van der Waals surface area contributed by atoms with E-state index < -0.39 is 5.60 Å². The highest BCUT2D eigenvalue weighted by atomic mass is 35.5. The number of piperidine rings is 1. The number of carbonyl (C=O) groups is 1. The summed E-state index contributed by atoms with van der Waals surface area (Å²) in [5.74, 6) is 0.782. The lowest BCUT2D eigenvalue weighted by Gasteiger charge is -2.40. The summed E-state index contributed by atoms with van der Waals surface area (Å²) in [7, 11) is 0. The molecular formula is C17H24ClN5O2. The highest BCUT2D eigenvalue weighted by molar-refractivity contribution is 6.29. The van der Waals surface area contributed by atoms with Crippen LogP contribution in [-0.2, 0) is 4.74 Å². The summed E-state index contributed by atoms with van der Waals surface area (Å²) in [5.41, 5.74) is 0.693. The van der Waals surface area contributed by atoms with Gasteiger partial charge in [-0.25, -0.2) is 14.8 Å². The fourth-order valence-electron chi connectivity index (χ4n) is 2.89. The van der Waals surface area contributed by atoms with Crippen molar-refractivity contribution < 1.29 is 9.53 Å². The predicted octanol–water partition coefficient (Wildman–Crippen LogP) is 3.49. The van der Waals surface area contributed by atoms with Crippen molar-refractivity contribution in [2.75, 3.05) is 18.0 Å². The summed E-state index contributed by atoms with van der Waals surface area (Å²) in [6, 6.07) is 3.58. The molecule has 2 N–H and O–H groups in total. The molecule has 0 saturated carbocycles. The molecule has 8 heteroatoms. The van der Waals surface area contributed by atoms with Crippen LogP contribution in [0.25, 0.3) is 11.2 Å². The van der Waals surface area contributed by atoms with Gasteiger partial charge in [0.2, 0.25) is 5.95 Å². The number of nitrogens with zero attached hydrogens (tertiary/aromatic N) is 3. The maximum absolute atomic E-state index is 12.0. The second-order valence-electron chi connectivity index (χ2n) is 7.74. The molecule has 2 aromatic heterocycles. The average Bonchev–Trinajstić information content (AvgIpc) is 2.88. The van der Waals surface area contributed by atoms with Gasteiger partial charge in [-0.3, -0.25) is 0 Å². The number of rotatable bonds is 2. The Hall–Kier alpha value is -2.02. The van der Waals surface area contributed by atoms with Crippen molar-refractivity contribution in [3.8, 4) is 0 Å². The smallest absolute Gasteiger partial charge is 0.408 e. The number of alkyl carbamates (subject to hydrolysis) is 1.